The lowest BCUT2D eigenvalue weighted by Gasteiger charge is -2.31. The molecule has 2 saturated heterocycles. The molecule has 10 nitrogen and oxygen atoms in total. The highest BCUT2D eigenvalue weighted by atomic mass is 35.5. The molecule has 0 unspecified atom stereocenters. The molecular formula is C24H30ClN5O5S. The molecule has 2 fully saturated rings. The van der Waals surface area contributed by atoms with Crippen LogP contribution in [0.15, 0.2) is 41.4 Å². The van der Waals surface area contributed by atoms with Crippen molar-refractivity contribution in [1.29, 1.82) is 0 Å². The molecule has 194 valence electrons. The van der Waals surface area contributed by atoms with E-state index >= 15 is 0 Å². The average Bonchev–Trinajstić information content (AvgIpc) is 3.20. The maximum absolute atomic E-state index is 13.0. The van der Waals surface area contributed by atoms with Crippen LogP contribution in [0.5, 0.6) is 5.88 Å². The SMILES string of the molecule is CN1CCN(S(=O)(=O)c2ccc(-c3c(O)[nH]c4ccc(C(=O)NC5CCOCC5)cc34)nc2)CC1.Cl. The minimum atomic E-state index is -3.64. The van der Waals surface area contributed by atoms with E-state index in [2.05, 4.69) is 20.2 Å². The third-order valence-electron chi connectivity index (χ3n) is 6.69. The number of aromatic hydroxyl groups is 1. The number of benzene rings is 1. The van der Waals surface area contributed by atoms with Crippen molar-refractivity contribution in [1.82, 2.24) is 24.5 Å². The van der Waals surface area contributed by atoms with Gasteiger partial charge in [-0.2, -0.15) is 4.31 Å². The molecule has 0 spiro atoms. The summed E-state index contributed by atoms with van der Waals surface area (Å²) in [5.41, 5.74) is 1.95. The Morgan fingerprint density at radius 3 is 2.53 bits per heavy atom. The van der Waals surface area contributed by atoms with Crippen molar-refractivity contribution in [2.24, 2.45) is 0 Å². The number of likely N-dealkylation sites (N-methyl/N-ethyl adjacent to an activating group) is 1. The molecule has 0 saturated carbocycles. The van der Waals surface area contributed by atoms with Crippen LogP contribution >= 0.6 is 12.4 Å². The lowest BCUT2D eigenvalue weighted by atomic mass is 10.0. The summed E-state index contributed by atoms with van der Waals surface area (Å²) in [6, 6.07) is 8.32. The first-order valence-corrected chi connectivity index (χ1v) is 13.2. The molecule has 2 aromatic heterocycles. The average molecular weight is 536 g/mol. The van der Waals surface area contributed by atoms with E-state index in [1.54, 1.807) is 24.3 Å². The summed E-state index contributed by atoms with van der Waals surface area (Å²) in [4.78, 5) is 22.3. The minimum Gasteiger partial charge on any atom is -0.494 e. The molecule has 1 amide bonds. The lowest BCUT2D eigenvalue weighted by Crippen LogP contribution is -2.47. The fourth-order valence-electron chi connectivity index (χ4n) is 4.55. The van der Waals surface area contributed by atoms with Crippen LogP contribution in [0.25, 0.3) is 22.2 Å². The molecule has 2 aliphatic rings. The van der Waals surface area contributed by atoms with Crippen LogP contribution in [0, 0.1) is 0 Å². The van der Waals surface area contributed by atoms with Crippen molar-refractivity contribution in [3.8, 4) is 17.1 Å². The van der Waals surface area contributed by atoms with Crippen LogP contribution in [-0.4, -0.2) is 91.1 Å². The van der Waals surface area contributed by atoms with E-state index in [4.69, 9.17) is 4.74 Å². The Morgan fingerprint density at radius 1 is 1.14 bits per heavy atom. The first kappa shape index (κ1) is 26.4. The Morgan fingerprint density at radius 2 is 1.86 bits per heavy atom. The van der Waals surface area contributed by atoms with Crippen LogP contribution in [0.2, 0.25) is 0 Å². The number of ether oxygens (including phenoxy) is 1. The molecule has 5 rings (SSSR count). The van der Waals surface area contributed by atoms with Gasteiger partial charge in [-0.05, 0) is 50.2 Å². The number of aromatic nitrogens is 2. The van der Waals surface area contributed by atoms with Crippen molar-refractivity contribution in [2.75, 3.05) is 46.4 Å². The van der Waals surface area contributed by atoms with Gasteiger partial charge < -0.3 is 25.0 Å². The number of hydrogen-bond donors (Lipinski definition) is 3. The van der Waals surface area contributed by atoms with E-state index in [1.165, 1.54) is 16.6 Å². The topological polar surface area (TPSA) is 128 Å². The number of hydrogen-bond acceptors (Lipinski definition) is 7. The minimum absolute atomic E-state index is 0. The maximum Gasteiger partial charge on any atom is 0.251 e. The molecule has 0 atom stereocenters. The van der Waals surface area contributed by atoms with Gasteiger partial charge in [-0.3, -0.25) is 9.78 Å². The standard InChI is InChI=1S/C24H29N5O5S.ClH/c1-28-8-10-29(11-9-28)35(32,33)18-3-5-21(25-15-18)22-19-14-16(2-4-20(19)27-24(22)31)23(30)26-17-6-12-34-13-7-17;/h2-5,14-15,17,27,31H,6-13H2,1H3,(H,26,30);1H. The quantitative estimate of drug-likeness (QED) is 0.457. The summed E-state index contributed by atoms with van der Waals surface area (Å²) >= 11 is 0. The van der Waals surface area contributed by atoms with Gasteiger partial charge >= 0.3 is 0 Å². The van der Waals surface area contributed by atoms with E-state index in [0.717, 1.165) is 12.8 Å². The molecule has 0 aliphatic carbocycles. The molecule has 3 aromatic rings. The van der Waals surface area contributed by atoms with Gasteiger partial charge in [0, 0.05) is 68.1 Å². The third-order valence-corrected chi connectivity index (χ3v) is 8.57. The Kier molecular flexibility index (Phi) is 7.86. The molecular weight excluding hydrogens is 506 g/mol. The summed E-state index contributed by atoms with van der Waals surface area (Å²) in [6.45, 7) is 3.49. The van der Waals surface area contributed by atoms with E-state index in [-0.39, 0.29) is 35.1 Å². The molecule has 0 radical (unpaired) electrons. The Hall–Kier alpha value is -2.70. The fraction of sp³-hybridized carbons (Fsp3) is 0.417. The Bertz CT molecular complexity index is 1330. The number of halogens is 1. The summed E-state index contributed by atoms with van der Waals surface area (Å²) in [5.74, 6) is -0.281. The number of nitrogens with zero attached hydrogens (tertiary/aromatic N) is 3. The van der Waals surface area contributed by atoms with Crippen LogP contribution in [-0.2, 0) is 14.8 Å². The number of sulfonamides is 1. The number of rotatable bonds is 5. The number of H-pyrrole nitrogens is 1. The van der Waals surface area contributed by atoms with Crippen molar-refractivity contribution < 1.29 is 23.1 Å². The predicted octanol–water partition coefficient (Wildman–Crippen LogP) is 2.20. The van der Waals surface area contributed by atoms with Gasteiger partial charge in [-0.25, -0.2) is 8.42 Å². The van der Waals surface area contributed by atoms with Gasteiger partial charge in [-0.15, -0.1) is 12.4 Å². The van der Waals surface area contributed by atoms with Gasteiger partial charge in [0.15, 0.2) is 5.88 Å². The fourth-order valence-corrected chi connectivity index (χ4v) is 5.92. The molecule has 36 heavy (non-hydrogen) atoms. The zero-order valence-corrected chi connectivity index (χ0v) is 21.6. The molecule has 0 bridgehead atoms. The number of carbonyl (C=O) groups excluding carboxylic acids is 1. The van der Waals surface area contributed by atoms with Crippen molar-refractivity contribution in [2.45, 2.75) is 23.8 Å². The van der Waals surface area contributed by atoms with Crippen molar-refractivity contribution >= 4 is 39.2 Å². The lowest BCUT2D eigenvalue weighted by molar-refractivity contribution is 0.0696. The van der Waals surface area contributed by atoms with Crippen LogP contribution in [0.3, 0.4) is 0 Å². The second-order valence-corrected chi connectivity index (χ2v) is 11.0. The number of amides is 1. The first-order valence-electron chi connectivity index (χ1n) is 11.7. The number of pyridine rings is 1. The van der Waals surface area contributed by atoms with Crippen molar-refractivity contribution in [3.63, 3.8) is 0 Å². The van der Waals surface area contributed by atoms with Crippen LogP contribution in [0.4, 0.5) is 0 Å². The number of fused-ring (bicyclic) bond motifs is 1. The van der Waals surface area contributed by atoms with Crippen LogP contribution in [0.1, 0.15) is 23.2 Å². The van der Waals surface area contributed by atoms with Gasteiger partial charge in [-0.1, -0.05) is 0 Å². The number of piperazine rings is 1. The highest BCUT2D eigenvalue weighted by molar-refractivity contribution is 7.89. The highest BCUT2D eigenvalue weighted by Crippen LogP contribution is 2.36. The zero-order valence-electron chi connectivity index (χ0n) is 19.9. The van der Waals surface area contributed by atoms with E-state index in [0.29, 0.717) is 67.1 Å². The third kappa shape index (κ3) is 5.21. The van der Waals surface area contributed by atoms with E-state index < -0.39 is 10.0 Å². The highest BCUT2D eigenvalue weighted by Gasteiger charge is 2.28. The monoisotopic (exact) mass is 535 g/mol. The van der Waals surface area contributed by atoms with Gasteiger partial charge in [0.1, 0.15) is 4.90 Å². The summed E-state index contributed by atoms with van der Waals surface area (Å²) < 4.78 is 32.8. The second-order valence-electron chi connectivity index (χ2n) is 9.06. The van der Waals surface area contributed by atoms with E-state index in [1.807, 2.05) is 7.05 Å². The number of nitrogens with one attached hydrogen (secondary N) is 2. The molecule has 3 N–H and O–H groups in total. The molecule has 12 heteroatoms. The first-order chi connectivity index (χ1) is 16.8. The number of aromatic amines is 1. The zero-order chi connectivity index (χ0) is 24.6. The largest absolute Gasteiger partial charge is 0.494 e. The normalized spacial score (nSPS) is 18.1. The second kappa shape index (κ2) is 10.7. The molecule has 1 aromatic carbocycles. The molecule has 2 aliphatic heterocycles. The smallest absolute Gasteiger partial charge is 0.251 e. The maximum atomic E-state index is 13.0. The Labute approximate surface area is 216 Å². The van der Waals surface area contributed by atoms with E-state index in [9.17, 15) is 18.3 Å². The van der Waals surface area contributed by atoms with Crippen LogP contribution < -0.4 is 5.32 Å². The number of carbonyl (C=O) groups is 1. The van der Waals surface area contributed by atoms with Gasteiger partial charge in [0.25, 0.3) is 5.91 Å². The Balaban J connectivity index is 0.00000304. The van der Waals surface area contributed by atoms with Gasteiger partial charge in [0.05, 0.1) is 11.3 Å². The van der Waals surface area contributed by atoms with Crippen molar-refractivity contribution in [3.05, 3.63) is 42.1 Å². The molecule has 4 heterocycles. The van der Waals surface area contributed by atoms with Gasteiger partial charge in [0.2, 0.25) is 10.0 Å². The summed E-state index contributed by atoms with van der Waals surface area (Å²) in [6.07, 6.45) is 2.87. The predicted molar refractivity (Wildman–Crippen MR) is 138 cm³/mol. The summed E-state index contributed by atoms with van der Waals surface area (Å²) in [5, 5.41) is 14.3. The summed E-state index contributed by atoms with van der Waals surface area (Å²) in [7, 11) is -1.68.